The molecule has 0 heterocycles. The monoisotopic (exact) mass is 995 g/mol. The third kappa shape index (κ3) is 57.5. The predicted octanol–water partition coefficient (Wildman–Crippen LogP) is 18.8. The Morgan fingerprint density at radius 1 is 0.449 bits per heavy atom. The minimum atomic E-state index is -4.28. The molecule has 0 aliphatic carbocycles. The van der Waals surface area contributed by atoms with Crippen LogP contribution < -0.4 is 0 Å². The van der Waals surface area contributed by atoms with Crippen molar-refractivity contribution in [3.63, 3.8) is 0 Å². The van der Waals surface area contributed by atoms with Crippen LogP contribution in [-0.2, 0) is 27.9 Å². The first-order valence-electron chi connectivity index (χ1n) is 29.7. The molecule has 0 aromatic carbocycles. The molecule has 0 amide bonds. The van der Waals surface area contributed by atoms with E-state index in [0.717, 1.165) is 38.5 Å². The highest BCUT2D eigenvalue weighted by molar-refractivity contribution is 7.47. The van der Waals surface area contributed by atoms with E-state index in [1.54, 1.807) is 0 Å². The number of nitrogens with zero attached hydrogens (tertiary/aromatic N) is 1. The van der Waals surface area contributed by atoms with Gasteiger partial charge in [-0.05, 0) is 70.6 Å². The molecule has 0 bridgehead atoms. The van der Waals surface area contributed by atoms with E-state index in [9.17, 15) is 14.3 Å². The van der Waals surface area contributed by atoms with E-state index in [1.165, 1.54) is 225 Å². The average molecular weight is 996 g/mol. The molecule has 2 unspecified atom stereocenters. The maximum absolute atomic E-state index is 12.8. The van der Waals surface area contributed by atoms with Crippen LogP contribution >= 0.6 is 7.82 Å². The number of likely N-dealkylation sites (N-methyl/N-ethyl adjacent to an activating group) is 1. The number of ether oxygens (including phenoxy) is 2. The van der Waals surface area contributed by atoms with Crippen molar-refractivity contribution in [3.8, 4) is 0 Å². The van der Waals surface area contributed by atoms with Crippen molar-refractivity contribution >= 4 is 13.8 Å². The number of unbranched alkanes of at least 4 members (excludes halogenated alkanes) is 36. The van der Waals surface area contributed by atoms with Gasteiger partial charge in [-0.2, -0.15) is 0 Å². The van der Waals surface area contributed by atoms with Crippen molar-refractivity contribution in [2.45, 2.75) is 290 Å². The van der Waals surface area contributed by atoms with E-state index >= 15 is 0 Å². The van der Waals surface area contributed by atoms with Gasteiger partial charge in [-0.15, -0.1) is 0 Å². The first kappa shape index (κ1) is 67.7. The molecule has 2 atom stereocenters. The summed E-state index contributed by atoms with van der Waals surface area (Å²) in [4.78, 5) is 23.1. The summed E-state index contributed by atoms with van der Waals surface area (Å²) < 4.78 is 35.3. The minimum Gasteiger partial charge on any atom is -0.457 e. The lowest BCUT2D eigenvalue weighted by Gasteiger charge is -2.24. The molecule has 0 fully saturated rings. The molecule has 9 heteroatoms. The van der Waals surface area contributed by atoms with E-state index in [-0.39, 0.29) is 25.8 Å². The average Bonchev–Trinajstić information content (AvgIpc) is 3.31. The molecule has 1 N–H and O–H groups in total. The molecule has 0 aromatic rings. The Hall–Kier alpha value is -1.28. The summed E-state index contributed by atoms with van der Waals surface area (Å²) in [7, 11) is 1.68. The number of phosphoric acid groups is 1. The van der Waals surface area contributed by atoms with Crippen LogP contribution in [0, 0.1) is 0 Å². The Bertz CT molecular complexity index is 1200. The largest absolute Gasteiger partial charge is 0.472 e. The molecule has 0 saturated carbocycles. The first-order chi connectivity index (χ1) is 33.6. The topological polar surface area (TPSA) is 91.3 Å². The Balaban J connectivity index is 4.04. The van der Waals surface area contributed by atoms with Crippen molar-refractivity contribution in [3.05, 3.63) is 36.5 Å². The van der Waals surface area contributed by atoms with E-state index in [0.29, 0.717) is 24.1 Å². The van der Waals surface area contributed by atoms with Crippen LogP contribution in [0.2, 0.25) is 0 Å². The third-order valence-electron chi connectivity index (χ3n) is 13.2. The molecular weight excluding hydrogens is 878 g/mol. The van der Waals surface area contributed by atoms with Gasteiger partial charge in [0.05, 0.1) is 34.4 Å². The third-order valence-corrected chi connectivity index (χ3v) is 14.2. The van der Waals surface area contributed by atoms with Gasteiger partial charge in [0.2, 0.25) is 0 Å². The van der Waals surface area contributed by atoms with Gasteiger partial charge in [-0.3, -0.25) is 13.8 Å². The summed E-state index contributed by atoms with van der Waals surface area (Å²) in [5, 5.41) is 0. The molecule has 0 aromatic heterocycles. The number of phosphoric ester groups is 1. The van der Waals surface area contributed by atoms with E-state index < -0.39 is 13.9 Å². The maximum Gasteiger partial charge on any atom is 0.472 e. The molecule has 0 rings (SSSR count). The molecular formula is C60H117NO7P+. The summed E-state index contributed by atoms with van der Waals surface area (Å²) in [5.41, 5.74) is 0. The van der Waals surface area contributed by atoms with Crippen LogP contribution in [0.15, 0.2) is 36.5 Å². The zero-order chi connectivity index (χ0) is 50.5. The summed E-state index contributed by atoms with van der Waals surface area (Å²) in [6.45, 7) is 5.66. The van der Waals surface area contributed by atoms with E-state index in [2.05, 4.69) is 50.3 Å². The van der Waals surface area contributed by atoms with Gasteiger partial charge in [0.25, 0.3) is 0 Å². The standard InChI is InChI=1S/C60H116NO7P/c1-6-8-10-12-14-16-18-20-22-24-26-28-30-31-32-33-35-37-39-41-43-45-47-49-51-53-60(62)68-59(58-67-69(63,64)66-56-54-61(3,4)5)57-65-55-52-50-48-46-44-42-40-38-36-34-29-27-25-23-21-19-17-15-13-11-9-7-2/h18,20,24-27,59H,6-17,19,21-23,28-58H2,1-5H3/p+1/b20-18-,26-24-,27-25-. The highest BCUT2D eigenvalue weighted by Crippen LogP contribution is 2.43. The van der Waals surface area contributed by atoms with E-state index in [4.69, 9.17) is 18.5 Å². The Kier molecular flexibility index (Phi) is 52.0. The zero-order valence-electron chi connectivity index (χ0n) is 46.6. The number of esters is 1. The lowest BCUT2D eigenvalue weighted by atomic mass is 10.0. The molecule has 0 aliphatic rings. The van der Waals surface area contributed by atoms with Crippen molar-refractivity contribution in [2.24, 2.45) is 0 Å². The van der Waals surface area contributed by atoms with Gasteiger partial charge in [0.1, 0.15) is 19.3 Å². The molecule has 408 valence electrons. The van der Waals surface area contributed by atoms with Gasteiger partial charge in [0.15, 0.2) is 0 Å². The molecule has 69 heavy (non-hydrogen) atoms. The van der Waals surface area contributed by atoms with Gasteiger partial charge in [-0.25, -0.2) is 4.57 Å². The molecule has 0 aliphatic heterocycles. The highest BCUT2D eigenvalue weighted by atomic mass is 31.2. The quantitative estimate of drug-likeness (QED) is 0.0213. The van der Waals surface area contributed by atoms with Gasteiger partial charge in [0, 0.05) is 13.0 Å². The fourth-order valence-corrected chi connectivity index (χ4v) is 9.32. The molecule has 8 nitrogen and oxygen atoms in total. The van der Waals surface area contributed by atoms with Crippen LogP contribution in [0.4, 0.5) is 0 Å². The smallest absolute Gasteiger partial charge is 0.457 e. The number of hydrogen-bond donors (Lipinski definition) is 1. The SMILES string of the molecule is CCCCCCC/C=C\C/C=C\CCCCCCCCCCCCCCCC(=O)OC(COCCCCCCCCCCCC/C=C\CCCCCCCCCC)COP(=O)(O)OCC[N+](C)(C)C. The highest BCUT2D eigenvalue weighted by Gasteiger charge is 2.26. The second-order valence-corrected chi connectivity index (χ2v) is 22.8. The van der Waals surface area contributed by atoms with Crippen molar-refractivity contribution in [1.29, 1.82) is 0 Å². The zero-order valence-corrected chi connectivity index (χ0v) is 47.5. The van der Waals surface area contributed by atoms with E-state index in [1.807, 2.05) is 21.1 Å². The van der Waals surface area contributed by atoms with Crippen molar-refractivity contribution in [2.75, 3.05) is 54.1 Å². The number of quaternary nitrogens is 1. The number of carbonyl (C=O) groups excluding carboxylic acids is 1. The van der Waals surface area contributed by atoms with Crippen LogP contribution in [0.5, 0.6) is 0 Å². The summed E-state index contributed by atoms with van der Waals surface area (Å²) >= 11 is 0. The summed E-state index contributed by atoms with van der Waals surface area (Å²) in [5.74, 6) is -0.310. The number of carbonyl (C=O) groups is 1. The number of hydrogen-bond acceptors (Lipinski definition) is 6. The second kappa shape index (κ2) is 53.0. The van der Waals surface area contributed by atoms with Gasteiger partial charge in [-0.1, -0.05) is 243 Å². The lowest BCUT2D eigenvalue weighted by molar-refractivity contribution is -0.870. The summed E-state index contributed by atoms with van der Waals surface area (Å²) in [6, 6.07) is 0. The number of allylic oxidation sites excluding steroid dienone is 6. The fraction of sp³-hybridized carbons (Fsp3) is 0.883. The van der Waals surface area contributed by atoms with Gasteiger partial charge >= 0.3 is 13.8 Å². The molecule has 0 spiro atoms. The maximum atomic E-state index is 12.8. The molecule has 0 saturated heterocycles. The first-order valence-corrected chi connectivity index (χ1v) is 31.2. The van der Waals surface area contributed by atoms with Crippen molar-refractivity contribution < 1.29 is 37.3 Å². The Labute approximate surface area is 429 Å². The van der Waals surface area contributed by atoms with Gasteiger partial charge < -0.3 is 18.9 Å². The molecule has 0 radical (unpaired) electrons. The number of rotatable bonds is 56. The van der Waals surface area contributed by atoms with Crippen LogP contribution in [0.3, 0.4) is 0 Å². The van der Waals surface area contributed by atoms with Crippen LogP contribution in [0.25, 0.3) is 0 Å². The minimum absolute atomic E-state index is 0.0894. The summed E-state index contributed by atoms with van der Waals surface area (Å²) in [6.07, 6.45) is 66.4. The lowest BCUT2D eigenvalue weighted by Crippen LogP contribution is -2.37. The second-order valence-electron chi connectivity index (χ2n) is 21.4. The Morgan fingerprint density at radius 2 is 0.797 bits per heavy atom. The van der Waals surface area contributed by atoms with Crippen molar-refractivity contribution in [1.82, 2.24) is 0 Å². The van der Waals surface area contributed by atoms with Crippen LogP contribution in [0.1, 0.15) is 284 Å². The normalized spacial score (nSPS) is 13.7. The predicted molar refractivity (Wildman–Crippen MR) is 298 cm³/mol. The van der Waals surface area contributed by atoms with Crippen LogP contribution in [-0.4, -0.2) is 75.6 Å². The Morgan fingerprint density at radius 3 is 1.19 bits per heavy atom. The fourth-order valence-electron chi connectivity index (χ4n) is 8.58.